The summed E-state index contributed by atoms with van der Waals surface area (Å²) < 4.78 is 2.06. The normalized spacial score (nSPS) is 20.8. The molecule has 2 aromatic heterocycles. The van der Waals surface area contributed by atoms with E-state index in [1.807, 2.05) is 29.8 Å². The van der Waals surface area contributed by atoms with E-state index in [2.05, 4.69) is 32.8 Å². The van der Waals surface area contributed by atoms with Gasteiger partial charge in [-0.3, -0.25) is 9.58 Å². The second kappa shape index (κ2) is 5.84. The SMILES string of the molecule is Cc1ncc(CN2CCCC[C@H]2Cn2cccn2)s1. The Morgan fingerprint density at radius 2 is 2.37 bits per heavy atom. The Labute approximate surface area is 118 Å². The van der Waals surface area contributed by atoms with E-state index < -0.39 is 0 Å². The highest BCUT2D eigenvalue weighted by molar-refractivity contribution is 7.11. The van der Waals surface area contributed by atoms with E-state index in [4.69, 9.17) is 0 Å². The molecule has 1 aliphatic heterocycles. The van der Waals surface area contributed by atoms with Gasteiger partial charge in [-0.05, 0) is 32.4 Å². The molecule has 0 radical (unpaired) electrons. The Hall–Kier alpha value is -1.20. The van der Waals surface area contributed by atoms with Crippen LogP contribution in [0.15, 0.2) is 24.7 Å². The Balaban J connectivity index is 1.66. The number of likely N-dealkylation sites (tertiary alicyclic amines) is 1. The predicted octanol–water partition coefficient (Wildman–Crippen LogP) is 2.70. The van der Waals surface area contributed by atoms with Crippen LogP contribution in [0.1, 0.15) is 29.1 Å². The molecule has 0 aliphatic carbocycles. The van der Waals surface area contributed by atoms with E-state index in [0.717, 1.165) is 18.1 Å². The van der Waals surface area contributed by atoms with Crippen molar-refractivity contribution in [2.24, 2.45) is 0 Å². The topological polar surface area (TPSA) is 34.0 Å². The van der Waals surface area contributed by atoms with Crippen molar-refractivity contribution < 1.29 is 0 Å². The van der Waals surface area contributed by atoms with E-state index in [1.54, 1.807) is 0 Å². The van der Waals surface area contributed by atoms with Gasteiger partial charge >= 0.3 is 0 Å². The van der Waals surface area contributed by atoms with E-state index in [9.17, 15) is 0 Å². The van der Waals surface area contributed by atoms with Crippen LogP contribution in [-0.2, 0) is 13.1 Å². The minimum absolute atomic E-state index is 0.607. The zero-order valence-electron chi connectivity index (χ0n) is 11.3. The van der Waals surface area contributed by atoms with Crippen LogP contribution >= 0.6 is 11.3 Å². The van der Waals surface area contributed by atoms with Crippen LogP contribution in [-0.4, -0.2) is 32.3 Å². The fourth-order valence-electron chi connectivity index (χ4n) is 2.78. The first-order chi connectivity index (χ1) is 9.31. The van der Waals surface area contributed by atoms with E-state index in [1.165, 1.54) is 30.7 Å². The largest absolute Gasteiger partial charge is 0.293 e. The number of aromatic nitrogens is 3. The average Bonchev–Trinajstić information content (AvgIpc) is 3.04. The highest BCUT2D eigenvalue weighted by Gasteiger charge is 2.23. The smallest absolute Gasteiger partial charge is 0.0897 e. The third-order valence-electron chi connectivity index (χ3n) is 3.73. The lowest BCUT2D eigenvalue weighted by Crippen LogP contribution is -2.41. The maximum absolute atomic E-state index is 4.36. The highest BCUT2D eigenvalue weighted by Crippen LogP contribution is 2.23. The minimum Gasteiger partial charge on any atom is -0.293 e. The molecule has 0 bridgehead atoms. The molecule has 1 atom stereocenters. The number of nitrogens with zero attached hydrogens (tertiary/aromatic N) is 4. The summed E-state index contributed by atoms with van der Waals surface area (Å²) in [7, 11) is 0. The average molecular weight is 276 g/mol. The fourth-order valence-corrected chi connectivity index (χ4v) is 3.60. The molecular weight excluding hydrogens is 256 g/mol. The summed E-state index contributed by atoms with van der Waals surface area (Å²) in [6, 6.07) is 2.61. The van der Waals surface area contributed by atoms with Crippen molar-refractivity contribution in [3.05, 3.63) is 34.5 Å². The molecule has 19 heavy (non-hydrogen) atoms. The molecule has 2 aromatic rings. The molecule has 3 heterocycles. The maximum Gasteiger partial charge on any atom is 0.0897 e. The summed E-state index contributed by atoms with van der Waals surface area (Å²) in [5, 5.41) is 5.50. The van der Waals surface area contributed by atoms with Gasteiger partial charge in [0, 0.05) is 36.1 Å². The van der Waals surface area contributed by atoms with Gasteiger partial charge in [-0.25, -0.2) is 4.98 Å². The van der Waals surface area contributed by atoms with Crippen molar-refractivity contribution >= 4 is 11.3 Å². The number of hydrogen-bond donors (Lipinski definition) is 0. The third kappa shape index (κ3) is 3.22. The molecule has 0 N–H and O–H groups in total. The summed E-state index contributed by atoms with van der Waals surface area (Å²) in [6.07, 6.45) is 9.87. The molecule has 0 amide bonds. The van der Waals surface area contributed by atoms with E-state index in [-0.39, 0.29) is 0 Å². The molecule has 1 fully saturated rings. The second-order valence-corrected chi connectivity index (χ2v) is 6.51. The summed E-state index contributed by atoms with van der Waals surface area (Å²) in [5.74, 6) is 0. The van der Waals surface area contributed by atoms with Crippen molar-refractivity contribution in [3.63, 3.8) is 0 Å². The number of aryl methyl sites for hydroxylation is 1. The number of hydrogen-bond acceptors (Lipinski definition) is 4. The van der Waals surface area contributed by atoms with Gasteiger partial charge in [0.1, 0.15) is 0 Å². The molecule has 1 aliphatic rings. The van der Waals surface area contributed by atoms with Crippen molar-refractivity contribution in [1.82, 2.24) is 19.7 Å². The van der Waals surface area contributed by atoms with Crippen molar-refractivity contribution in [2.75, 3.05) is 6.54 Å². The lowest BCUT2D eigenvalue weighted by Gasteiger charge is -2.35. The van der Waals surface area contributed by atoms with Gasteiger partial charge in [0.25, 0.3) is 0 Å². The van der Waals surface area contributed by atoms with Crippen LogP contribution in [0.4, 0.5) is 0 Å². The Kier molecular flexibility index (Phi) is 3.94. The lowest BCUT2D eigenvalue weighted by molar-refractivity contribution is 0.123. The summed E-state index contributed by atoms with van der Waals surface area (Å²) in [6.45, 7) is 5.32. The zero-order valence-corrected chi connectivity index (χ0v) is 12.1. The van der Waals surface area contributed by atoms with E-state index in [0.29, 0.717) is 6.04 Å². The Morgan fingerprint density at radius 3 is 3.11 bits per heavy atom. The van der Waals surface area contributed by atoms with Gasteiger partial charge in [-0.1, -0.05) is 6.42 Å². The summed E-state index contributed by atoms with van der Waals surface area (Å²) in [5.41, 5.74) is 0. The predicted molar refractivity (Wildman–Crippen MR) is 77.1 cm³/mol. The molecule has 102 valence electrons. The van der Waals surface area contributed by atoms with Gasteiger partial charge in [0.2, 0.25) is 0 Å². The molecule has 0 saturated carbocycles. The maximum atomic E-state index is 4.36. The van der Waals surface area contributed by atoms with Gasteiger partial charge in [0.05, 0.1) is 11.6 Å². The van der Waals surface area contributed by atoms with Crippen molar-refractivity contribution in [3.8, 4) is 0 Å². The monoisotopic (exact) mass is 276 g/mol. The lowest BCUT2D eigenvalue weighted by atomic mass is 10.0. The van der Waals surface area contributed by atoms with Crippen molar-refractivity contribution in [2.45, 2.75) is 45.3 Å². The van der Waals surface area contributed by atoms with E-state index >= 15 is 0 Å². The zero-order chi connectivity index (χ0) is 13.1. The molecular formula is C14H20N4S. The fraction of sp³-hybridized carbons (Fsp3) is 0.571. The highest BCUT2D eigenvalue weighted by atomic mass is 32.1. The van der Waals surface area contributed by atoms with Crippen LogP contribution in [0.25, 0.3) is 0 Å². The minimum atomic E-state index is 0.607. The number of rotatable bonds is 4. The third-order valence-corrected chi connectivity index (χ3v) is 4.63. The first kappa shape index (κ1) is 12.8. The van der Waals surface area contributed by atoms with Crippen LogP contribution in [0.2, 0.25) is 0 Å². The van der Waals surface area contributed by atoms with Crippen LogP contribution in [0.3, 0.4) is 0 Å². The molecule has 0 unspecified atom stereocenters. The molecule has 0 spiro atoms. The van der Waals surface area contributed by atoms with Gasteiger partial charge < -0.3 is 0 Å². The quantitative estimate of drug-likeness (QED) is 0.861. The number of piperidine rings is 1. The molecule has 1 saturated heterocycles. The van der Waals surface area contributed by atoms with Crippen LogP contribution in [0, 0.1) is 6.92 Å². The molecule has 5 heteroatoms. The first-order valence-corrected chi connectivity index (χ1v) is 7.76. The molecule has 3 rings (SSSR count). The Morgan fingerprint density at radius 1 is 1.42 bits per heavy atom. The standard InChI is InChI=1S/C14H20N4S/c1-12-15-9-14(19-12)11-17-7-3-2-5-13(17)10-18-8-4-6-16-18/h4,6,8-9,13H,2-3,5,7,10-11H2,1H3/t13-/m0/s1. The summed E-state index contributed by atoms with van der Waals surface area (Å²) >= 11 is 1.82. The summed E-state index contributed by atoms with van der Waals surface area (Å²) in [4.78, 5) is 8.33. The Bertz CT molecular complexity index is 505. The van der Waals surface area contributed by atoms with Crippen LogP contribution in [0.5, 0.6) is 0 Å². The van der Waals surface area contributed by atoms with Gasteiger partial charge in [0.15, 0.2) is 0 Å². The number of thiazole rings is 1. The van der Waals surface area contributed by atoms with Crippen LogP contribution < -0.4 is 0 Å². The molecule has 4 nitrogen and oxygen atoms in total. The van der Waals surface area contributed by atoms with Gasteiger partial charge in [-0.2, -0.15) is 5.10 Å². The molecule has 0 aromatic carbocycles. The van der Waals surface area contributed by atoms with Gasteiger partial charge in [-0.15, -0.1) is 11.3 Å². The second-order valence-electron chi connectivity index (χ2n) is 5.19. The van der Waals surface area contributed by atoms with Crippen molar-refractivity contribution in [1.29, 1.82) is 0 Å². The first-order valence-electron chi connectivity index (χ1n) is 6.94.